The van der Waals surface area contributed by atoms with Gasteiger partial charge in [0.05, 0.1) is 17.7 Å². The van der Waals surface area contributed by atoms with Gasteiger partial charge in [0.15, 0.2) is 0 Å². The number of rotatable bonds is 2. The number of hydrogen-bond acceptors (Lipinski definition) is 5. The van der Waals surface area contributed by atoms with Crippen molar-refractivity contribution in [3.8, 4) is 5.75 Å². The van der Waals surface area contributed by atoms with Gasteiger partial charge in [0.1, 0.15) is 15.9 Å². The summed E-state index contributed by atoms with van der Waals surface area (Å²) in [5.74, 6) is 0.178. The summed E-state index contributed by atoms with van der Waals surface area (Å²) in [6.45, 7) is 0. The Bertz CT molecular complexity index is 418. The van der Waals surface area contributed by atoms with E-state index in [-0.39, 0.29) is 35.2 Å². The van der Waals surface area contributed by atoms with Crippen LogP contribution in [-0.4, -0.2) is 20.1 Å². The molecule has 0 aliphatic heterocycles. The first-order valence-corrected chi connectivity index (χ1v) is 4.75. The molecule has 14 heavy (non-hydrogen) atoms. The normalized spacial score (nSPS) is 10.4. The summed E-state index contributed by atoms with van der Waals surface area (Å²) in [4.78, 5) is -0.349. The third-order valence-corrected chi connectivity index (χ3v) is 2.32. The number of ether oxygens (including phenoxy) is 1. The summed E-state index contributed by atoms with van der Waals surface area (Å²) in [5, 5.41) is 0. The summed E-state index contributed by atoms with van der Waals surface area (Å²) in [7, 11) is -3.10. The van der Waals surface area contributed by atoms with E-state index in [2.05, 4.69) is 0 Å². The minimum absolute atomic E-state index is 0. The first-order chi connectivity index (χ1) is 5.95. The van der Waals surface area contributed by atoms with Gasteiger partial charge in [0.25, 0.3) is 0 Å². The fourth-order valence-electron chi connectivity index (χ4n) is 0.847. The molecule has 1 aromatic carbocycles. The van der Waals surface area contributed by atoms with Crippen LogP contribution in [0.2, 0.25) is 0 Å². The van der Waals surface area contributed by atoms with Crippen molar-refractivity contribution in [1.82, 2.24) is 0 Å². The van der Waals surface area contributed by atoms with Crippen LogP contribution < -0.4 is 29.3 Å². The summed E-state index contributed by atoms with van der Waals surface area (Å²) < 4.78 is 36.4. The number of nitrogen functional groups attached to an aromatic ring is 1. The Morgan fingerprint density at radius 1 is 1.43 bits per heavy atom. The molecule has 0 amide bonds. The van der Waals surface area contributed by atoms with E-state index in [1.165, 1.54) is 13.2 Å². The van der Waals surface area contributed by atoms with Gasteiger partial charge in [-0.3, -0.25) is 0 Å². The van der Waals surface area contributed by atoms with Crippen LogP contribution >= 0.6 is 0 Å². The molecule has 1 rings (SSSR count). The zero-order valence-corrected chi connectivity index (χ0v) is 8.67. The van der Waals surface area contributed by atoms with Gasteiger partial charge in [-0.15, -0.1) is 0 Å². The molecule has 0 saturated carbocycles. The summed E-state index contributed by atoms with van der Waals surface area (Å²) in [6, 6.07) is 3.54. The minimum Gasteiger partial charge on any atom is -0.744 e. The standard InChI is InChI=1S/C7H9NO4S.Li/c1-12-7-4-5(13(9,10)11)2-3-6(7)8;/h2-4H,8H2,1H3,(H,9,10,11);/q;+1/p-1. The minimum atomic E-state index is -4.44. The second kappa shape index (κ2) is 4.71. The van der Waals surface area contributed by atoms with Crippen molar-refractivity contribution in [3.63, 3.8) is 0 Å². The van der Waals surface area contributed by atoms with Gasteiger partial charge in [-0.05, 0) is 18.2 Å². The quantitative estimate of drug-likeness (QED) is 0.322. The van der Waals surface area contributed by atoms with E-state index in [9.17, 15) is 13.0 Å². The molecule has 2 N–H and O–H groups in total. The van der Waals surface area contributed by atoms with E-state index in [4.69, 9.17) is 10.5 Å². The van der Waals surface area contributed by atoms with Crippen molar-refractivity contribution >= 4 is 15.8 Å². The maximum atomic E-state index is 10.6. The van der Waals surface area contributed by atoms with Crippen molar-refractivity contribution in [2.24, 2.45) is 0 Å². The smallest absolute Gasteiger partial charge is 0.744 e. The zero-order chi connectivity index (χ0) is 10.1. The summed E-state index contributed by atoms with van der Waals surface area (Å²) in [6.07, 6.45) is 0. The molecule has 0 atom stereocenters. The molecular weight excluding hydrogens is 201 g/mol. The second-order valence-electron chi connectivity index (χ2n) is 2.36. The van der Waals surface area contributed by atoms with Gasteiger partial charge in [-0.2, -0.15) is 0 Å². The Kier molecular flexibility index (Phi) is 4.48. The van der Waals surface area contributed by atoms with Gasteiger partial charge < -0.3 is 15.0 Å². The van der Waals surface area contributed by atoms with E-state index in [0.29, 0.717) is 0 Å². The van der Waals surface area contributed by atoms with Gasteiger partial charge in [0, 0.05) is 0 Å². The molecule has 0 fully saturated rings. The van der Waals surface area contributed by atoms with Crippen molar-refractivity contribution in [2.75, 3.05) is 12.8 Å². The molecule has 72 valence electrons. The maximum Gasteiger partial charge on any atom is 1.00 e. The number of benzene rings is 1. The SMILES string of the molecule is COc1cc(S(=O)(=O)[O-])ccc1N.[Li+]. The van der Waals surface area contributed by atoms with Crippen LogP contribution in [0.15, 0.2) is 23.1 Å². The molecule has 0 radical (unpaired) electrons. The van der Waals surface area contributed by atoms with Gasteiger partial charge >= 0.3 is 18.9 Å². The van der Waals surface area contributed by atoms with Crippen LogP contribution in [0.4, 0.5) is 5.69 Å². The predicted molar refractivity (Wildman–Crippen MR) is 45.4 cm³/mol. The van der Waals surface area contributed by atoms with Crippen LogP contribution in [0, 0.1) is 0 Å². The van der Waals surface area contributed by atoms with Crippen LogP contribution in [0.25, 0.3) is 0 Å². The number of nitrogens with two attached hydrogens (primary N) is 1. The first-order valence-electron chi connectivity index (χ1n) is 3.34. The Morgan fingerprint density at radius 2 is 2.00 bits per heavy atom. The average molecular weight is 209 g/mol. The van der Waals surface area contributed by atoms with Crippen LogP contribution in [-0.2, 0) is 10.1 Å². The van der Waals surface area contributed by atoms with Crippen LogP contribution in [0.1, 0.15) is 0 Å². The maximum absolute atomic E-state index is 10.6. The van der Waals surface area contributed by atoms with E-state index in [0.717, 1.165) is 12.1 Å². The molecule has 5 nitrogen and oxygen atoms in total. The summed E-state index contributed by atoms with van der Waals surface area (Å²) in [5.41, 5.74) is 5.71. The van der Waals surface area contributed by atoms with Crippen LogP contribution in [0.5, 0.6) is 5.75 Å². The third kappa shape index (κ3) is 2.92. The number of anilines is 1. The topological polar surface area (TPSA) is 92.5 Å². The molecule has 0 aliphatic rings. The van der Waals surface area contributed by atoms with Gasteiger partial charge in [0.2, 0.25) is 0 Å². The Morgan fingerprint density at radius 3 is 2.43 bits per heavy atom. The molecule has 0 spiro atoms. The molecule has 0 heterocycles. The van der Waals surface area contributed by atoms with Crippen molar-refractivity contribution in [2.45, 2.75) is 4.90 Å². The van der Waals surface area contributed by atoms with Gasteiger partial charge in [-0.25, -0.2) is 8.42 Å². The Hall–Kier alpha value is -0.673. The molecule has 0 bridgehead atoms. The fourth-order valence-corrected chi connectivity index (χ4v) is 1.33. The van der Waals surface area contributed by atoms with E-state index >= 15 is 0 Å². The molecule has 0 unspecified atom stereocenters. The molecular formula is C7H8LiNO4S. The third-order valence-electron chi connectivity index (χ3n) is 1.49. The largest absolute Gasteiger partial charge is 1.00 e. The first kappa shape index (κ1) is 13.3. The monoisotopic (exact) mass is 209 g/mol. The van der Waals surface area contributed by atoms with E-state index < -0.39 is 10.1 Å². The Labute approximate surface area is 94.2 Å². The van der Waals surface area contributed by atoms with E-state index in [1.807, 2.05) is 0 Å². The van der Waals surface area contributed by atoms with E-state index in [1.54, 1.807) is 0 Å². The number of methoxy groups -OCH3 is 1. The molecule has 7 heteroatoms. The Balaban J connectivity index is 0.00000169. The number of hydrogen-bond donors (Lipinski definition) is 1. The van der Waals surface area contributed by atoms with Crippen molar-refractivity contribution in [3.05, 3.63) is 18.2 Å². The van der Waals surface area contributed by atoms with Crippen LogP contribution in [0.3, 0.4) is 0 Å². The zero-order valence-electron chi connectivity index (χ0n) is 7.85. The fraction of sp³-hybridized carbons (Fsp3) is 0.143. The second-order valence-corrected chi connectivity index (χ2v) is 3.74. The molecule has 0 saturated heterocycles. The molecule has 0 aromatic heterocycles. The molecule has 1 aromatic rings. The summed E-state index contributed by atoms with van der Waals surface area (Å²) >= 11 is 0. The predicted octanol–water partition coefficient (Wildman–Crippen LogP) is -2.81. The van der Waals surface area contributed by atoms with Crippen molar-refractivity contribution < 1.29 is 36.6 Å². The van der Waals surface area contributed by atoms with Crippen molar-refractivity contribution in [1.29, 1.82) is 0 Å². The average Bonchev–Trinajstić information content (AvgIpc) is 2.03. The van der Waals surface area contributed by atoms with Gasteiger partial charge in [-0.1, -0.05) is 0 Å². The molecule has 0 aliphatic carbocycles.